The number of nitrogens with zero attached hydrogens (tertiary/aromatic N) is 4. The highest BCUT2D eigenvalue weighted by atomic mass is 16.1. The third-order valence-corrected chi connectivity index (χ3v) is 6.67. The third-order valence-electron chi connectivity index (χ3n) is 6.67. The van der Waals surface area contributed by atoms with Crippen molar-refractivity contribution in [2.45, 2.75) is 44.6 Å². The number of aryl methyl sites for hydroxylation is 1. The van der Waals surface area contributed by atoms with Gasteiger partial charge in [-0.15, -0.1) is 0 Å². The van der Waals surface area contributed by atoms with Crippen molar-refractivity contribution in [1.82, 2.24) is 19.7 Å². The highest BCUT2D eigenvalue weighted by molar-refractivity contribution is 5.99. The van der Waals surface area contributed by atoms with Gasteiger partial charge in [0.2, 0.25) is 5.91 Å². The van der Waals surface area contributed by atoms with Crippen LogP contribution in [0.1, 0.15) is 48.2 Å². The largest absolute Gasteiger partial charge is 0.369 e. The van der Waals surface area contributed by atoms with Crippen molar-refractivity contribution in [2.75, 3.05) is 0 Å². The molecule has 2 N–H and O–H groups in total. The summed E-state index contributed by atoms with van der Waals surface area (Å²) in [4.78, 5) is 20.9. The predicted octanol–water partition coefficient (Wildman–Crippen LogP) is 4.32. The zero-order valence-electron chi connectivity index (χ0n) is 17.4. The molecule has 1 aliphatic heterocycles. The van der Waals surface area contributed by atoms with E-state index in [1.54, 1.807) is 0 Å². The minimum absolute atomic E-state index is 0.216. The minimum Gasteiger partial charge on any atom is -0.369 e. The fourth-order valence-electron chi connectivity index (χ4n) is 5.39. The van der Waals surface area contributed by atoms with Gasteiger partial charge in [-0.2, -0.15) is 5.10 Å². The molecule has 1 saturated carbocycles. The van der Waals surface area contributed by atoms with Gasteiger partial charge in [-0.1, -0.05) is 12.1 Å². The summed E-state index contributed by atoms with van der Waals surface area (Å²) in [5.74, 6) is 0.196. The predicted molar refractivity (Wildman–Crippen MR) is 119 cm³/mol. The van der Waals surface area contributed by atoms with Crippen molar-refractivity contribution in [3.8, 4) is 22.5 Å². The van der Waals surface area contributed by atoms with Crippen LogP contribution in [0.5, 0.6) is 0 Å². The monoisotopic (exact) mass is 409 g/mol. The maximum Gasteiger partial charge on any atom is 0.221 e. The van der Waals surface area contributed by atoms with Crippen molar-refractivity contribution in [1.29, 1.82) is 0 Å². The van der Waals surface area contributed by atoms with Crippen LogP contribution in [0.2, 0.25) is 0 Å². The fraction of sp³-hybridized carbons (Fsp3) is 0.280. The van der Waals surface area contributed by atoms with E-state index in [0.29, 0.717) is 12.0 Å². The maximum absolute atomic E-state index is 11.5. The third kappa shape index (κ3) is 2.86. The van der Waals surface area contributed by atoms with Crippen LogP contribution in [0.3, 0.4) is 0 Å². The minimum atomic E-state index is -0.335. The quantitative estimate of drug-likeness (QED) is 0.544. The number of carbonyl (C=O) groups is 1. The number of rotatable bonds is 4. The molecular weight excluding hydrogens is 386 g/mol. The summed E-state index contributed by atoms with van der Waals surface area (Å²) in [7, 11) is 0. The summed E-state index contributed by atoms with van der Waals surface area (Å²) in [5.41, 5.74) is 13.6. The van der Waals surface area contributed by atoms with Gasteiger partial charge in [-0.25, -0.2) is 0 Å². The lowest BCUT2D eigenvalue weighted by Crippen LogP contribution is -2.13. The molecular formula is C25H23N5O. The Morgan fingerprint density at radius 1 is 1.19 bits per heavy atom. The molecule has 2 unspecified atom stereocenters. The number of carbonyl (C=O) groups excluding carboxylic acids is 1. The molecule has 2 bridgehead atoms. The summed E-state index contributed by atoms with van der Waals surface area (Å²) in [6, 6.07) is 14.6. The van der Waals surface area contributed by atoms with E-state index >= 15 is 0 Å². The molecule has 0 radical (unpaired) electrons. The van der Waals surface area contributed by atoms with Gasteiger partial charge in [0.1, 0.15) is 5.69 Å². The Morgan fingerprint density at radius 2 is 2.10 bits per heavy atom. The second kappa shape index (κ2) is 6.74. The molecule has 2 aliphatic rings. The number of primary amides is 1. The lowest BCUT2D eigenvalue weighted by Gasteiger charge is -2.15. The van der Waals surface area contributed by atoms with E-state index in [-0.39, 0.29) is 12.3 Å². The van der Waals surface area contributed by atoms with Crippen molar-refractivity contribution >= 4 is 16.8 Å². The Hall–Kier alpha value is -3.54. The molecule has 6 heteroatoms. The van der Waals surface area contributed by atoms with Crippen molar-refractivity contribution < 1.29 is 4.79 Å². The first-order chi connectivity index (χ1) is 15.1. The van der Waals surface area contributed by atoms with E-state index < -0.39 is 0 Å². The van der Waals surface area contributed by atoms with Crippen LogP contribution < -0.4 is 5.73 Å². The molecule has 0 spiro atoms. The summed E-state index contributed by atoms with van der Waals surface area (Å²) in [6.45, 7) is 2.01. The average Bonchev–Trinajstić information content (AvgIpc) is 3.45. The lowest BCUT2D eigenvalue weighted by atomic mass is 9.91. The Bertz CT molecular complexity index is 1360. The number of hydrogen-bond donors (Lipinski definition) is 1. The molecule has 4 heterocycles. The van der Waals surface area contributed by atoms with E-state index in [2.05, 4.69) is 15.7 Å². The molecule has 0 saturated heterocycles. The second-order valence-corrected chi connectivity index (χ2v) is 8.73. The number of amides is 1. The second-order valence-electron chi connectivity index (χ2n) is 8.73. The van der Waals surface area contributed by atoms with E-state index in [4.69, 9.17) is 15.8 Å². The number of hydrogen-bond acceptors (Lipinski definition) is 4. The highest BCUT2D eigenvalue weighted by Crippen LogP contribution is 2.54. The maximum atomic E-state index is 11.5. The molecule has 1 fully saturated rings. The number of pyridine rings is 2. The van der Waals surface area contributed by atoms with Crippen LogP contribution in [0, 0.1) is 6.92 Å². The number of benzene rings is 1. The number of nitrogens with two attached hydrogens (primary N) is 1. The first-order valence-corrected chi connectivity index (χ1v) is 10.8. The Kier molecular flexibility index (Phi) is 3.96. The van der Waals surface area contributed by atoms with Gasteiger partial charge in [0.25, 0.3) is 0 Å². The zero-order chi connectivity index (χ0) is 21.1. The number of fused-ring (bicyclic) bond motifs is 6. The highest BCUT2D eigenvalue weighted by Gasteiger charge is 2.42. The van der Waals surface area contributed by atoms with Gasteiger partial charge in [0.05, 0.1) is 29.4 Å². The van der Waals surface area contributed by atoms with Crippen LogP contribution in [0.4, 0.5) is 0 Å². The Morgan fingerprint density at radius 3 is 2.94 bits per heavy atom. The zero-order valence-corrected chi connectivity index (χ0v) is 17.4. The normalized spacial score (nSPS) is 19.1. The smallest absolute Gasteiger partial charge is 0.221 e. The van der Waals surface area contributed by atoms with Crippen molar-refractivity contribution in [3.05, 3.63) is 65.6 Å². The van der Waals surface area contributed by atoms with Crippen LogP contribution in [-0.4, -0.2) is 25.7 Å². The van der Waals surface area contributed by atoms with Crippen molar-refractivity contribution in [3.63, 3.8) is 0 Å². The molecule has 2 atom stereocenters. The first-order valence-electron chi connectivity index (χ1n) is 10.8. The van der Waals surface area contributed by atoms with Gasteiger partial charge >= 0.3 is 0 Å². The standard InChI is InChI=1S/C25H23N5O/c1-14-3-2-4-21(28-14)24-23(25-16-6-7-17(13-16)30(25)29-24)18-9-10-27-20-8-5-15(11-19(18)20)12-22(26)31/h2-5,8-11,16-17H,6-7,12-13H2,1H3,(H2,26,31). The first kappa shape index (κ1) is 18.2. The molecule has 1 aromatic carbocycles. The molecule has 31 heavy (non-hydrogen) atoms. The van der Waals surface area contributed by atoms with E-state index in [1.165, 1.54) is 25.0 Å². The molecule has 6 nitrogen and oxygen atoms in total. The van der Waals surface area contributed by atoms with E-state index in [1.807, 2.05) is 49.5 Å². The molecule has 1 aliphatic carbocycles. The number of aromatic nitrogens is 4. The van der Waals surface area contributed by atoms with Gasteiger partial charge in [-0.3, -0.25) is 19.4 Å². The topological polar surface area (TPSA) is 86.7 Å². The van der Waals surface area contributed by atoms with E-state index in [0.717, 1.165) is 44.7 Å². The molecule has 6 rings (SSSR count). The van der Waals surface area contributed by atoms with E-state index in [9.17, 15) is 4.79 Å². The van der Waals surface area contributed by atoms with Crippen LogP contribution in [0.15, 0.2) is 48.7 Å². The van der Waals surface area contributed by atoms with Gasteiger partial charge in [-0.05, 0) is 67.6 Å². The molecule has 1 amide bonds. The van der Waals surface area contributed by atoms with Gasteiger partial charge in [0.15, 0.2) is 0 Å². The van der Waals surface area contributed by atoms with Crippen LogP contribution >= 0.6 is 0 Å². The molecule has 3 aromatic heterocycles. The van der Waals surface area contributed by atoms with Crippen LogP contribution in [-0.2, 0) is 11.2 Å². The van der Waals surface area contributed by atoms with Gasteiger partial charge < -0.3 is 5.73 Å². The summed E-state index contributed by atoms with van der Waals surface area (Å²) in [6.07, 6.45) is 5.65. The Balaban J connectivity index is 1.64. The summed E-state index contributed by atoms with van der Waals surface area (Å²) >= 11 is 0. The van der Waals surface area contributed by atoms with Gasteiger partial charge in [0, 0.05) is 28.8 Å². The molecule has 154 valence electrons. The molecule has 4 aromatic rings. The SMILES string of the molecule is Cc1cccc(-c2nn3c(c2-c2ccnc4ccc(CC(N)=O)cc24)C2CCC3C2)n1. The lowest BCUT2D eigenvalue weighted by molar-refractivity contribution is -0.117. The summed E-state index contributed by atoms with van der Waals surface area (Å²) < 4.78 is 2.25. The van der Waals surface area contributed by atoms with Crippen LogP contribution in [0.25, 0.3) is 33.4 Å². The fourth-order valence-corrected chi connectivity index (χ4v) is 5.39. The van der Waals surface area contributed by atoms with Crippen molar-refractivity contribution in [2.24, 2.45) is 5.73 Å². The summed E-state index contributed by atoms with van der Waals surface area (Å²) in [5, 5.41) is 6.12. The average molecular weight is 409 g/mol. The Labute approximate surface area is 180 Å².